The zero-order valence-electron chi connectivity index (χ0n) is 13.9. The second kappa shape index (κ2) is 6.74. The number of hydrogen-bond donors (Lipinski definition) is 0. The normalized spacial score (nSPS) is 15.8. The molecule has 0 N–H and O–H groups in total. The average molecular weight is 376 g/mol. The molecule has 3 aromatic rings. The smallest absolute Gasteiger partial charge is 0.275 e. The van der Waals surface area contributed by atoms with Crippen LogP contribution >= 0.6 is 22.9 Å². The number of piperazine rings is 1. The SMILES string of the molecule is Cc1cc(=O)n2nc(CN3CCN(c4ccccc4Cl)CC3)sc2n1. The maximum absolute atomic E-state index is 12.0. The summed E-state index contributed by atoms with van der Waals surface area (Å²) in [5.41, 5.74) is 1.71. The molecule has 6 nitrogen and oxygen atoms in total. The molecule has 0 radical (unpaired) electrons. The lowest BCUT2D eigenvalue weighted by Gasteiger charge is -2.36. The van der Waals surface area contributed by atoms with Crippen LogP contribution < -0.4 is 10.5 Å². The van der Waals surface area contributed by atoms with Crippen LogP contribution in [0.25, 0.3) is 4.96 Å². The monoisotopic (exact) mass is 375 g/mol. The Morgan fingerprint density at radius 3 is 2.72 bits per heavy atom. The number of halogens is 1. The largest absolute Gasteiger partial charge is 0.368 e. The van der Waals surface area contributed by atoms with Gasteiger partial charge in [-0.15, -0.1) is 0 Å². The Kier molecular flexibility index (Phi) is 4.45. The van der Waals surface area contributed by atoms with Crippen LogP contribution in [-0.2, 0) is 6.54 Å². The number of aryl methyl sites for hydroxylation is 1. The predicted octanol–water partition coefficient (Wildman–Crippen LogP) is 2.44. The first kappa shape index (κ1) is 16.5. The van der Waals surface area contributed by atoms with Gasteiger partial charge >= 0.3 is 0 Å². The minimum Gasteiger partial charge on any atom is -0.368 e. The molecule has 8 heteroatoms. The Labute approximate surface area is 154 Å². The van der Waals surface area contributed by atoms with Crippen molar-refractivity contribution in [2.45, 2.75) is 13.5 Å². The Hall–Kier alpha value is -1.96. The van der Waals surface area contributed by atoms with Crippen molar-refractivity contribution in [2.75, 3.05) is 31.1 Å². The van der Waals surface area contributed by atoms with E-state index in [1.807, 2.05) is 25.1 Å². The molecule has 4 rings (SSSR count). The maximum atomic E-state index is 12.0. The zero-order valence-corrected chi connectivity index (χ0v) is 15.4. The molecule has 0 amide bonds. The Balaban J connectivity index is 1.44. The first-order valence-electron chi connectivity index (χ1n) is 8.18. The van der Waals surface area contributed by atoms with Gasteiger partial charge in [0.15, 0.2) is 0 Å². The van der Waals surface area contributed by atoms with Crippen molar-refractivity contribution >= 4 is 33.6 Å². The fraction of sp³-hybridized carbons (Fsp3) is 0.353. The number of para-hydroxylation sites is 1. The molecular weight excluding hydrogens is 358 g/mol. The highest BCUT2D eigenvalue weighted by Gasteiger charge is 2.20. The molecule has 130 valence electrons. The third-order valence-electron chi connectivity index (χ3n) is 4.34. The predicted molar refractivity (Wildman–Crippen MR) is 101 cm³/mol. The number of benzene rings is 1. The van der Waals surface area contributed by atoms with Gasteiger partial charge in [0.1, 0.15) is 5.01 Å². The molecule has 3 heterocycles. The molecular formula is C17H18ClN5OS. The van der Waals surface area contributed by atoms with Crippen LogP contribution in [0, 0.1) is 6.92 Å². The van der Waals surface area contributed by atoms with Gasteiger partial charge in [0.05, 0.1) is 17.3 Å². The van der Waals surface area contributed by atoms with E-state index >= 15 is 0 Å². The quantitative estimate of drug-likeness (QED) is 0.703. The van der Waals surface area contributed by atoms with E-state index in [9.17, 15) is 4.79 Å². The van der Waals surface area contributed by atoms with Crippen molar-refractivity contribution in [3.8, 4) is 0 Å². The van der Waals surface area contributed by atoms with Gasteiger partial charge in [-0.3, -0.25) is 9.69 Å². The van der Waals surface area contributed by atoms with Gasteiger partial charge in [0.25, 0.3) is 5.56 Å². The van der Waals surface area contributed by atoms with Crippen molar-refractivity contribution in [1.82, 2.24) is 19.5 Å². The third kappa shape index (κ3) is 3.40. The molecule has 0 spiro atoms. The number of fused-ring (bicyclic) bond motifs is 1. The lowest BCUT2D eigenvalue weighted by atomic mass is 10.2. The van der Waals surface area contributed by atoms with E-state index in [1.165, 1.54) is 21.9 Å². The van der Waals surface area contributed by atoms with E-state index in [2.05, 4.69) is 25.9 Å². The summed E-state index contributed by atoms with van der Waals surface area (Å²) in [7, 11) is 0. The zero-order chi connectivity index (χ0) is 17.4. The molecule has 0 unspecified atom stereocenters. The molecule has 2 aromatic heterocycles. The first-order chi connectivity index (χ1) is 12.1. The summed E-state index contributed by atoms with van der Waals surface area (Å²) in [5.74, 6) is 0. The van der Waals surface area contributed by atoms with E-state index in [1.54, 1.807) is 0 Å². The van der Waals surface area contributed by atoms with Gasteiger partial charge in [0, 0.05) is 37.9 Å². The van der Waals surface area contributed by atoms with Gasteiger partial charge in [-0.2, -0.15) is 9.61 Å². The topological polar surface area (TPSA) is 53.7 Å². The molecule has 0 atom stereocenters. The lowest BCUT2D eigenvalue weighted by molar-refractivity contribution is 0.249. The van der Waals surface area contributed by atoms with Gasteiger partial charge in [0.2, 0.25) is 4.96 Å². The van der Waals surface area contributed by atoms with Crippen molar-refractivity contribution in [3.63, 3.8) is 0 Å². The molecule has 1 aliphatic rings. The number of rotatable bonds is 3. The van der Waals surface area contributed by atoms with Gasteiger partial charge in [-0.1, -0.05) is 35.1 Å². The van der Waals surface area contributed by atoms with E-state index in [4.69, 9.17) is 11.6 Å². The highest BCUT2D eigenvalue weighted by Crippen LogP contribution is 2.26. The van der Waals surface area contributed by atoms with Crippen LogP contribution in [0.1, 0.15) is 10.7 Å². The molecule has 0 saturated carbocycles. The minimum atomic E-state index is -0.117. The van der Waals surface area contributed by atoms with Crippen molar-refractivity contribution in [2.24, 2.45) is 0 Å². The van der Waals surface area contributed by atoms with Crippen LogP contribution in [0.5, 0.6) is 0 Å². The number of anilines is 1. The molecule has 1 saturated heterocycles. The van der Waals surface area contributed by atoms with E-state index in [0.29, 0.717) is 4.96 Å². The molecule has 25 heavy (non-hydrogen) atoms. The summed E-state index contributed by atoms with van der Waals surface area (Å²) in [6, 6.07) is 9.47. The summed E-state index contributed by atoms with van der Waals surface area (Å²) in [6.07, 6.45) is 0. The van der Waals surface area contributed by atoms with Crippen LogP contribution in [0.3, 0.4) is 0 Å². The lowest BCUT2D eigenvalue weighted by Crippen LogP contribution is -2.46. The van der Waals surface area contributed by atoms with Crippen molar-refractivity contribution < 1.29 is 0 Å². The fourth-order valence-corrected chi connectivity index (χ4v) is 4.31. The van der Waals surface area contributed by atoms with Crippen LogP contribution in [0.4, 0.5) is 5.69 Å². The summed E-state index contributed by atoms with van der Waals surface area (Å²) in [4.78, 5) is 21.7. The number of nitrogens with zero attached hydrogens (tertiary/aromatic N) is 5. The van der Waals surface area contributed by atoms with E-state index in [-0.39, 0.29) is 5.56 Å². The number of hydrogen-bond acceptors (Lipinski definition) is 6. The Morgan fingerprint density at radius 2 is 1.96 bits per heavy atom. The summed E-state index contributed by atoms with van der Waals surface area (Å²) < 4.78 is 1.40. The van der Waals surface area contributed by atoms with Gasteiger partial charge in [-0.25, -0.2) is 4.98 Å². The summed E-state index contributed by atoms with van der Waals surface area (Å²) in [5, 5.41) is 6.13. The first-order valence-corrected chi connectivity index (χ1v) is 9.38. The fourth-order valence-electron chi connectivity index (χ4n) is 3.07. The molecule has 0 aliphatic carbocycles. The third-order valence-corrected chi connectivity index (χ3v) is 5.55. The minimum absolute atomic E-state index is 0.117. The summed E-state index contributed by atoms with van der Waals surface area (Å²) in [6.45, 7) is 6.28. The maximum Gasteiger partial charge on any atom is 0.275 e. The van der Waals surface area contributed by atoms with Crippen molar-refractivity contribution in [3.05, 3.63) is 56.4 Å². The van der Waals surface area contributed by atoms with Crippen LogP contribution in [0.15, 0.2) is 35.1 Å². The Morgan fingerprint density at radius 1 is 1.20 bits per heavy atom. The standard InChI is InChI=1S/C17H18ClN5OS/c1-12-10-16(24)23-17(19-12)25-15(20-23)11-21-6-8-22(9-7-21)14-5-3-2-4-13(14)18/h2-5,10H,6-9,11H2,1H3. The van der Waals surface area contributed by atoms with Gasteiger partial charge < -0.3 is 4.90 Å². The molecule has 1 fully saturated rings. The highest BCUT2D eigenvalue weighted by atomic mass is 35.5. The molecule has 0 bridgehead atoms. The van der Waals surface area contributed by atoms with E-state index < -0.39 is 0 Å². The molecule has 1 aliphatic heterocycles. The Bertz CT molecular complexity index is 961. The van der Waals surface area contributed by atoms with Gasteiger partial charge in [-0.05, 0) is 19.1 Å². The van der Waals surface area contributed by atoms with Crippen LogP contribution in [0.2, 0.25) is 5.02 Å². The second-order valence-electron chi connectivity index (χ2n) is 6.14. The average Bonchev–Trinajstić information content (AvgIpc) is 2.99. The number of aromatic nitrogens is 3. The second-order valence-corrected chi connectivity index (χ2v) is 7.59. The highest BCUT2D eigenvalue weighted by molar-refractivity contribution is 7.16. The van der Waals surface area contributed by atoms with Crippen molar-refractivity contribution in [1.29, 1.82) is 0 Å². The summed E-state index contributed by atoms with van der Waals surface area (Å²) >= 11 is 7.78. The van der Waals surface area contributed by atoms with E-state index in [0.717, 1.165) is 54.1 Å². The molecule has 1 aromatic carbocycles. The van der Waals surface area contributed by atoms with Crippen LogP contribution in [-0.4, -0.2) is 45.7 Å².